The Bertz CT molecular complexity index is 663. The zero-order valence-electron chi connectivity index (χ0n) is 13.7. The van der Waals surface area contributed by atoms with Gasteiger partial charge in [0.1, 0.15) is 5.56 Å². The van der Waals surface area contributed by atoms with Crippen molar-refractivity contribution in [3.63, 3.8) is 0 Å². The van der Waals surface area contributed by atoms with Crippen molar-refractivity contribution >= 4 is 11.4 Å². The molecule has 6 nitrogen and oxygen atoms in total. The molecule has 0 fully saturated rings. The van der Waals surface area contributed by atoms with Crippen LogP contribution >= 0.6 is 0 Å². The van der Waals surface area contributed by atoms with Gasteiger partial charge in [0.15, 0.2) is 0 Å². The fourth-order valence-electron chi connectivity index (χ4n) is 3.51. The van der Waals surface area contributed by atoms with E-state index in [4.69, 9.17) is 0 Å². The molecule has 0 bridgehead atoms. The summed E-state index contributed by atoms with van der Waals surface area (Å²) >= 11 is 0. The van der Waals surface area contributed by atoms with Crippen LogP contribution in [0.3, 0.4) is 0 Å². The zero-order chi connectivity index (χ0) is 16.9. The maximum Gasteiger partial charge on any atom is 0.283 e. The van der Waals surface area contributed by atoms with Crippen LogP contribution in [0.2, 0.25) is 0 Å². The Morgan fingerprint density at radius 1 is 1.05 bits per heavy atom. The molecule has 0 radical (unpaired) electrons. The molecule has 0 saturated carbocycles. The largest absolute Gasteiger partial charge is 0.283 e. The number of rotatable bonds is 3. The van der Waals surface area contributed by atoms with Crippen molar-refractivity contribution in [3.8, 4) is 0 Å². The lowest BCUT2D eigenvalue weighted by Crippen LogP contribution is -2.35. The van der Waals surface area contributed by atoms with Gasteiger partial charge >= 0.3 is 0 Å². The topological polar surface area (TPSA) is 86.3 Å². The van der Waals surface area contributed by atoms with E-state index in [-0.39, 0.29) is 34.2 Å². The van der Waals surface area contributed by atoms with Gasteiger partial charge in [-0.1, -0.05) is 34.6 Å². The van der Waals surface area contributed by atoms with Crippen LogP contribution in [0.15, 0.2) is 6.07 Å². The van der Waals surface area contributed by atoms with Gasteiger partial charge in [-0.2, -0.15) is 0 Å². The highest BCUT2D eigenvalue weighted by Crippen LogP contribution is 2.52. The molecule has 0 amide bonds. The second-order valence-electron chi connectivity index (χ2n) is 7.28. The van der Waals surface area contributed by atoms with E-state index in [0.29, 0.717) is 5.56 Å². The SMILES string of the molecule is CCc1c([N+](=O)[O-])cc2c(c1[N+](=O)[O-])C(C)(C)CCC2(C)C. The van der Waals surface area contributed by atoms with Crippen LogP contribution in [0.5, 0.6) is 0 Å². The molecule has 1 aromatic rings. The minimum absolute atomic E-state index is 0.0514. The number of nitrogens with zero attached hydrogens (tertiary/aromatic N) is 2. The first kappa shape index (κ1) is 16.4. The predicted octanol–water partition coefficient (Wildman–Crippen LogP) is 4.41. The van der Waals surface area contributed by atoms with Gasteiger partial charge in [0.25, 0.3) is 11.4 Å². The Morgan fingerprint density at radius 2 is 1.59 bits per heavy atom. The molecule has 0 atom stereocenters. The molecule has 0 saturated heterocycles. The monoisotopic (exact) mass is 306 g/mol. The van der Waals surface area contributed by atoms with E-state index in [1.165, 1.54) is 0 Å². The van der Waals surface area contributed by atoms with Crippen molar-refractivity contribution in [1.29, 1.82) is 0 Å². The molecule has 1 aliphatic carbocycles. The first-order chi connectivity index (χ1) is 10.0. The third-order valence-corrected chi connectivity index (χ3v) is 4.90. The summed E-state index contributed by atoms with van der Waals surface area (Å²) in [7, 11) is 0. The van der Waals surface area contributed by atoms with Gasteiger partial charge in [0, 0.05) is 11.6 Å². The summed E-state index contributed by atoms with van der Waals surface area (Å²) < 4.78 is 0. The lowest BCUT2D eigenvalue weighted by Gasteiger charge is -2.41. The van der Waals surface area contributed by atoms with Crippen molar-refractivity contribution in [3.05, 3.63) is 43.0 Å². The van der Waals surface area contributed by atoms with Crippen LogP contribution in [0.4, 0.5) is 11.4 Å². The van der Waals surface area contributed by atoms with E-state index in [0.717, 1.165) is 18.4 Å². The Morgan fingerprint density at radius 3 is 2.05 bits per heavy atom. The zero-order valence-corrected chi connectivity index (χ0v) is 13.7. The second kappa shape index (κ2) is 5.04. The second-order valence-corrected chi connectivity index (χ2v) is 7.28. The van der Waals surface area contributed by atoms with Crippen molar-refractivity contribution in [2.75, 3.05) is 0 Å². The summed E-state index contributed by atoms with van der Waals surface area (Å²) in [4.78, 5) is 22.2. The van der Waals surface area contributed by atoms with Gasteiger partial charge < -0.3 is 0 Å². The van der Waals surface area contributed by atoms with E-state index >= 15 is 0 Å². The van der Waals surface area contributed by atoms with Crippen LogP contribution in [-0.2, 0) is 17.3 Å². The van der Waals surface area contributed by atoms with Gasteiger partial charge in [-0.05, 0) is 35.7 Å². The van der Waals surface area contributed by atoms with Crippen LogP contribution in [-0.4, -0.2) is 9.85 Å². The normalized spacial score (nSPS) is 18.6. The minimum Gasteiger partial charge on any atom is -0.258 e. The minimum atomic E-state index is -0.496. The van der Waals surface area contributed by atoms with E-state index in [1.54, 1.807) is 13.0 Å². The number of nitro groups is 2. The van der Waals surface area contributed by atoms with Gasteiger partial charge in [-0.15, -0.1) is 0 Å². The molecule has 6 heteroatoms. The Hall–Kier alpha value is -1.98. The molecule has 1 aliphatic rings. The van der Waals surface area contributed by atoms with Crippen LogP contribution < -0.4 is 0 Å². The van der Waals surface area contributed by atoms with E-state index in [1.807, 2.05) is 27.7 Å². The Kier molecular flexibility index (Phi) is 3.75. The number of benzene rings is 1. The fraction of sp³-hybridized carbons (Fsp3) is 0.625. The molecule has 2 rings (SSSR count). The Balaban J connectivity index is 3.00. The van der Waals surface area contributed by atoms with Crippen molar-refractivity contribution < 1.29 is 9.85 Å². The summed E-state index contributed by atoms with van der Waals surface area (Å²) in [5.41, 5.74) is 0.831. The highest BCUT2D eigenvalue weighted by atomic mass is 16.6. The third-order valence-electron chi connectivity index (χ3n) is 4.90. The van der Waals surface area contributed by atoms with Gasteiger partial charge in [0.05, 0.1) is 9.85 Å². The van der Waals surface area contributed by atoms with Crippen LogP contribution in [0.25, 0.3) is 0 Å². The molecule has 0 heterocycles. The molecule has 0 unspecified atom stereocenters. The number of hydrogen-bond donors (Lipinski definition) is 0. The predicted molar refractivity (Wildman–Crippen MR) is 84.4 cm³/mol. The van der Waals surface area contributed by atoms with Crippen LogP contribution in [0, 0.1) is 20.2 Å². The molecule has 0 spiro atoms. The molecule has 0 N–H and O–H groups in total. The van der Waals surface area contributed by atoms with E-state index < -0.39 is 9.85 Å². The van der Waals surface area contributed by atoms with Gasteiger partial charge in [-0.3, -0.25) is 20.2 Å². The van der Waals surface area contributed by atoms with Crippen molar-refractivity contribution in [2.24, 2.45) is 0 Å². The maximum atomic E-state index is 11.7. The summed E-state index contributed by atoms with van der Waals surface area (Å²) in [5.74, 6) is 0. The van der Waals surface area contributed by atoms with E-state index in [9.17, 15) is 20.2 Å². The van der Waals surface area contributed by atoms with E-state index in [2.05, 4.69) is 0 Å². The quantitative estimate of drug-likeness (QED) is 0.611. The summed E-state index contributed by atoms with van der Waals surface area (Å²) in [6, 6.07) is 1.57. The lowest BCUT2D eigenvalue weighted by atomic mass is 9.62. The van der Waals surface area contributed by atoms with Crippen molar-refractivity contribution in [2.45, 2.75) is 64.7 Å². The van der Waals surface area contributed by atoms with Gasteiger partial charge in [0.2, 0.25) is 0 Å². The molecule has 1 aromatic carbocycles. The Labute approximate surface area is 129 Å². The lowest BCUT2D eigenvalue weighted by molar-refractivity contribution is -0.396. The standard InChI is InChI=1S/C16H22N2O4/c1-6-10-12(17(19)20)9-11-13(14(10)18(21)22)16(4,5)8-7-15(11,2)3/h9H,6-8H2,1-5H3. The average molecular weight is 306 g/mol. The molecule has 22 heavy (non-hydrogen) atoms. The highest BCUT2D eigenvalue weighted by Gasteiger charge is 2.45. The molecular weight excluding hydrogens is 284 g/mol. The first-order valence-corrected chi connectivity index (χ1v) is 7.52. The summed E-state index contributed by atoms with van der Waals surface area (Å²) in [6.45, 7) is 9.70. The molecule has 120 valence electrons. The summed E-state index contributed by atoms with van der Waals surface area (Å²) in [6.07, 6.45) is 1.96. The molecule has 0 aromatic heterocycles. The fourth-order valence-corrected chi connectivity index (χ4v) is 3.51. The number of hydrogen-bond acceptors (Lipinski definition) is 4. The number of nitro benzene ring substituents is 2. The number of fused-ring (bicyclic) bond motifs is 1. The first-order valence-electron chi connectivity index (χ1n) is 7.52. The highest BCUT2D eigenvalue weighted by molar-refractivity contribution is 5.66. The smallest absolute Gasteiger partial charge is 0.258 e. The van der Waals surface area contributed by atoms with Gasteiger partial charge in [-0.25, -0.2) is 0 Å². The summed E-state index contributed by atoms with van der Waals surface area (Å²) in [5, 5.41) is 23.1. The molecular formula is C16H22N2O4. The van der Waals surface area contributed by atoms with Crippen LogP contribution in [0.1, 0.15) is 64.2 Å². The average Bonchev–Trinajstić information content (AvgIpc) is 2.41. The molecule has 0 aliphatic heterocycles. The maximum absolute atomic E-state index is 11.7. The van der Waals surface area contributed by atoms with Crippen molar-refractivity contribution in [1.82, 2.24) is 0 Å². The third kappa shape index (κ3) is 2.36.